The van der Waals surface area contributed by atoms with Crippen molar-refractivity contribution in [2.45, 2.75) is 12.5 Å². The lowest BCUT2D eigenvalue weighted by Crippen LogP contribution is -2.15. The molecular weight excluding hydrogens is 466 g/mol. The van der Waals surface area contributed by atoms with Crippen LogP contribution in [0.25, 0.3) is 11.1 Å². The summed E-state index contributed by atoms with van der Waals surface area (Å²) in [6, 6.07) is 15.9. The van der Waals surface area contributed by atoms with Gasteiger partial charge in [0.25, 0.3) is 0 Å². The second kappa shape index (κ2) is 11.0. The summed E-state index contributed by atoms with van der Waals surface area (Å²) in [7, 11) is 2.49. The third-order valence-corrected chi connectivity index (χ3v) is 5.13. The van der Waals surface area contributed by atoms with Crippen molar-refractivity contribution in [3.63, 3.8) is 0 Å². The zero-order valence-corrected chi connectivity index (χ0v) is 19.4. The van der Waals surface area contributed by atoms with Gasteiger partial charge in [0.05, 0.1) is 26.0 Å². The van der Waals surface area contributed by atoms with Crippen molar-refractivity contribution in [1.82, 2.24) is 15.0 Å². The summed E-state index contributed by atoms with van der Waals surface area (Å²) in [5.74, 6) is -1.32. The fourth-order valence-corrected chi connectivity index (χ4v) is 3.34. The Labute approximate surface area is 205 Å². The normalized spacial score (nSPS) is 11.4. The van der Waals surface area contributed by atoms with E-state index >= 15 is 0 Å². The van der Waals surface area contributed by atoms with E-state index < -0.39 is 17.9 Å². The summed E-state index contributed by atoms with van der Waals surface area (Å²) in [5.41, 5.74) is 2.51. The molecule has 36 heavy (non-hydrogen) atoms. The van der Waals surface area contributed by atoms with E-state index in [4.69, 9.17) is 13.9 Å². The van der Waals surface area contributed by atoms with Crippen LogP contribution < -0.4 is 10.1 Å². The molecule has 1 unspecified atom stereocenters. The van der Waals surface area contributed by atoms with Crippen molar-refractivity contribution in [2.75, 3.05) is 26.1 Å². The second-order valence-corrected chi connectivity index (χ2v) is 7.43. The van der Waals surface area contributed by atoms with Crippen LogP contribution in [0.1, 0.15) is 33.4 Å². The van der Waals surface area contributed by atoms with Crippen LogP contribution in [0, 0.1) is 11.3 Å². The second-order valence-electron chi connectivity index (χ2n) is 7.43. The molecule has 1 atom stereocenters. The number of rotatable bonds is 9. The van der Waals surface area contributed by atoms with Crippen LogP contribution >= 0.6 is 0 Å². The number of para-hydroxylation sites is 2. The molecule has 2 aromatic heterocycles. The topological polar surface area (TPSA) is 149 Å². The van der Waals surface area contributed by atoms with Crippen LogP contribution in [0.5, 0.6) is 5.75 Å². The molecule has 4 rings (SSSR count). The van der Waals surface area contributed by atoms with E-state index in [1.54, 1.807) is 36.4 Å². The van der Waals surface area contributed by atoms with Crippen LogP contribution in [0.4, 0.5) is 5.95 Å². The van der Waals surface area contributed by atoms with Crippen LogP contribution in [0.15, 0.2) is 59.1 Å². The molecule has 0 saturated carbocycles. The highest BCUT2D eigenvalue weighted by atomic mass is 16.6. The Morgan fingerprint density at radius 2 is 1.94 bits per heavy atom. The lowest BCUT2D eigenvalue weighted by molar-refractivity contribution is -0.142. The molecule has 1 N–H and O–H groups in total. The van der Waals surface area contributed by atoms with Gasteiger partial charge in [0.1, 0.15) is 16.8 Å². The number of hydrogen-bond donors (Lipinski definition) is 1. The highest BCUT2D eigenvalue weighted by Gasteiger charge is 2.22. The zero-order valence-electron chi connectivity index (χ0n) is 19.4. The summed E-state index contributed by atoms with van der Waals surface area (Å²) in [4.78, 5) is 36.6. The van der Waals surface area contributed by atoms with E-state index in [-0.39, 0.29) is 36.3 Å². The lowest BCUT2D eigenvalue weighted by atomic mass is 10.1. The van der Waals surface area contributed by atoms with E-state index in [0.717, 1.165) is 0 Å². The zero-order chi connectivity index (χ0) is 25.5. The first-order valence-corrected chi connectivity index (χ1v) is 10.7. The SMILES string of the molecule is COC(=O)COc1ccc(CNc2nccc(C(C#N)c3nc4ccccc4o3)n2)cc1C(=O)OC. The number of nitrogens with one attached hydrogen (secondary N) is 1. The summed E-state index contributed by atoms with van der Waals surface area (Å²) >= 11 is 0. The summed E-state index contributed by atoms with van der Waals surface area (Å²) in [6.07, 6.45) is 1.53. The van der Waals surface area contributed by atoms with Gasteiger partial charge in [-0.1, -0.05) is 18.2 Å². The molecule has 2 heterocycles. The predicted octanol–water partition coefficient (Wildman–Crippen LogP) is 3.22. The van der Waals surface area contributed by atoms with Crippen molar-refractivity contribution in [3.8, 4) is 11.8 Å². The van der Waals surface area contributed by atoms with Gasteiger partial charge in [-0.3, -0.25) is 0 Å². The number of methoxy groups -OCH3 is 2. The van der Waals surface area contributed by atoms with Gasteiger partial charge in [0, 0.05) is 12.7 Å². The molecule has 2 aromatic carbocycles. The quantitative estimate of drug-likeness (QED) is 0.347. The largest absolute Gasteiger partial charge is 0.481 e. The fraction of sp³-hybridized carbons (Fsp3) is 0.200. The highest BCUT2D eigenvalue weighted by Crippen LogP contribution is 2.26. The third-order valence-electron chi connectivity index (χ3n) is 5.13. The van der Waals surface area contributed by atoms with Crippen molar-refractivity contribution in [3.05, 3.63) is 77.4 Å². The summed E-state index contributed by atoms with van der Waals surface area (Å²) in [5, 5.41) is 12.8. The number of nitrogens with zero attached hydrogens (tertiary/aromatic N) is 4. The first-order valence-electron chi connectivity index (χ1n) is 10.7. The number of anilines is 1. The van der Waals surface area contributed by atoms with Crippen LogP contribution in [-0.4, -0.2) is 47.7 Å². The van der Waals surface area contributed by atoms with Gasteiger partial charge in [-0.05, 0) is 35.9 Å². The fourth-order valence-electron chi connectivity index (χ4n) is 3.34. The van der Waals surface area contributed by atoms with Gasteiger partial charge >= 0.3 is 11.9 Å². The summed E-state index contributed by atoms with van der Waals surface area (Å²) < 4.78 is 20.5. The van der Waals surface area contributed by atoms with Crippen molar-refractivity contribution < 1.29 is 28.2 Å². The van der Waals surface area contributed by atoms with Gasteiger partial charge < -0.3 is 23.9 Å². The Balaban J connectivity index is 1.51. The molecule has 4 aromatic rings. The minimum absolute atomic E-state index is 0.149. The summed E-state index contributed by atoms with van der Waals surface area (Å²) in [6.45, 7) is -0.0935. The number of esters is 2. The maximum atomic E-state index is 12.2. The van der Waals surface area contributed by atoms with Gasteiger partial charge in [0.2, 0.25) is 11.8 Å². The van der Waals surface area contributed by atoms with E-state index in [2.05, 4.69) is 31.1 Å². The molecule has 11 heteroatoms. The Hall–Kier alpha value is -4.98. The Morgan fingerprint density at radius 3 is 2.69 bits per heavy atom. The maximum absolute atomic E-state index is 12.2. The molecule has 0 aliphatic heterocycles. The maximum Gasteiger partial charge on any atom is 0.343 e. The number of carbonyl (C=O) groups is 2. The van der Waals surface area contributed by atoms with Crippen molar-refractivity contribution >= 4 is 29.0 Å². The third kappa shape index (κ3) is 5.39. The minimum atomic E-state index is -0.821. The predicted molar refractivity (Wildman–Crippen MR) is 126 cm³/mol. The number of nitriles is 1. The smallest absolute Gasteiger partial charge is 0.343 e. The number of fused-ring (bicyclic) bond motifs is 1. The number of hydrogen-bond acceptors (Lipinski definition) is 11. The van der Waals surface area contributed by atoms with Gasteiger partial charge in [-0.2, -0.15) is 5.26 Å². The van der Waals surface area contributed by atoms with Crippen LogP contribution in [0.2, 0.25) is 0 Å². The van der Waals surface area contributed by atoms with E-state index in [9.17, 15) is 14.9 Å². The first-order chi connectivity index (χ1) is 17.5. The van der Waals surface area contributed by atoms with Crippen molar-refractivity contribution in [2.24, 2.45) is 0 Å². The number of carbonyl (C=O) groups excluding carboxylic acids is 2. The molecule has 0 aliphatic rings. The molecular formula is C25H21N5O6. The van der Waals surface area contributed by atoms with Gasteiger partial charge in [-0.15, -0.1) is 0 Å². The molecule has 0 saturated heterocycles. The van der Waals surface area contributed by atoms with Gasteiger partial charge in [0.15, 0.2) is 18.1 Å². The molecule has 0 amide bonds. The number of aromatic nitrogens is 3. The van der Waals surface area contributed by atoms with Gasteiger partial charge in [-0.25, -0.2) is 24.5 Å². The molecule has 11 nitrogen and oxygen atoms in total. The first kappa shape index (κ1) is 24.2. The molecule has 0 radical (unpaired) electrons. The molecule has 0 aliphatic carbocycles. The average molecular weight is 487 g/mol. The van der Waals surface area contributed by atoms with E-state index in [1.807, 2.05) is 12.1 Å². The van der Waals surface area contributed by atoms with E-state index in [0.29, 0.717) is 22.4 Å². The monoisotopic (exact) mass is 487 g/mol. The number of benzene rings is 2. The van der Waals surface area contributed by atoms with Crippen LogP contribution in [-0.2, 0) is 20.8 Å². The Bertz CT molecular complexity index is 1410. The lowest BCUT2D eigenvalue weighted by Gasteiger charge is -2.12. The minimum Gasteiger partial charge on any atom is -0.481 e. The molecule has 0 spiro atoms. The number of oxazole rings is 1. The van der Waals surface area contributed by atoms with E-state index in [1.165, 1.54) is 20.4 Å². The van der Waals surface area contributed by atoms with Crippen LogP contribution in [0.3, 0.4) is 0 Å². The number of ether oxygens (including phenoxy) is 3. The Morgan fingerprint density at radius 1 is 1.11 bits per heavy atom. The van der Waals surface area contributed by atoms with Crippen molar-refractivity contribution in [1.29, 1.82) is 5.26 Å². The standard InChI is InChI=1S/C25H21N5O6/c1-33-22(31)14-35-20-8-7-15(11-16(20)24(32)34-2)13-28-25-27-10-9-18(30-25)17(12-26)23-29-19-5-3-4-6-21(19)36-23/h3-11,17H,13-14H2,1-2H3,(H,27,28,30). The average Bonchev–Trinajstić information content (AvgIpc) is 3.34. The highest BCUT2D eigenvalue weighted by molar-refractivity contribution is 5.92. The molecule has 0 bridgehead atoms. The molecule has 0 fully saturated rings. The Kier molecular flexibility index (Phi) is 7.36. The molecule has 182 valence electrons.